The monoisotopic (exact) mass is 302 g/mol. The first-order chi connectivity index (χ1) is 10.5. The van der Waals surface area contributed by atoms with Crippen LogP contribution in [0.5, 0.6) is 0 Å². The number of hydrogen-bond acceptors (Lipinski definition) is 2. The fourth-order valence-corrected chi connectivity index (χ4v) is 3.48. The number of carboxylic acids is 1. The Kier molecular flexibility index (Phi) is 5.58. The van der Waals surface area contributed by atoms with Crippen LogP contribution in [0, 0.1) is 6.07 Å². The fourth-order valence-electron chi connectivity index (χ4n) is 3.48. The Morgan fingerprint density at radius 1 is 1.27 bits per heavy atom. The Hall–Kier alpha value is -1.84. The molecule has 1 radical (unpaired) electrons. The highest BCUT2D eigenvalue weighted by molar-refractivity contribution is 5.79. The van der Waals surface area contributed by atoms with E-state index in [9.17, 15) is 9.59 Å². The number of nitrogens with one attached hydrogen (secondary N) is 1. The minimum atomic E-state index is -0.890. The van der Waals surface area contributed by atoms with Crippen molar-refractivity contribution < 1.29 is 14.7 Å². The molecule has 1 atom stereocenters. The highest BCUT2D eigenvalue weighted by Crippen LogP contribution is 2.42. The maximum Gasteiger partial charge on any atom is 0.305 e. The minimum absolute atomic E-state index is 0.0426. The van der Waals surface area contributed by atoms with Crippen LogP contribution >= 0.6 is 0 Å². The average molecular weight is 302 g/mol. The van der Waals surface area contributed by atoms with Gasteiger partial charge < -0.3 is 10.4 Å². The standard InChI is InChI=1S/C18H24NO3/c1-14(12-17(21)22)19-16(20)13-18(10-6-3-7-11-18)15-8-4-2-5-9-15/h4-5,8-9,14H,3,6-7,10-13H2,1H3,(H,19,20)(H,21,22). The molecule has 2 rings (SSSR count). The lowest BCUT2D eigenvalue weighted by molar-refractivity contribution is -0.137. The van der Waals surface area contributed by atoms with Gasteiger partial charge >= 0.3 is 5.97 Å². The van der Waals surface area contributed by atoms with E-state index < -0.39 is 5.97 Å². The molecule has 0 saturated heterocycles. The van der Waals surface area contributed by atoms with Crippen LogP contribution in [0.1, 0.15) is 57.4 Å². The van der Waals surface area contributed by atoms with Gasteiger partial charge in [-0.25, -0.2) is 0 Å². The van der Waals surface area contributed by atoms with Gasteiger partial charge in [0.05, 0.1) is 6.42 Å². The van der Waals surface area contributed by atoms with Crippen LogP contribution in [0.15, 0.2) is 24.3 Å². The van der Waals surface area contributed by atoms with Gasteiger partial charge in [0.2, 0.25) is 5.91 Å². The summed E-state index contributed by atoms with van der Waals surface area (Å²) in [7, 11) is 0. The normalized spacial score (nSPS) is 18.4. The number of hydrogen-bond donors (Lipinski definition) is 2. The van der Waals surface area contributed by atoms with Crippen molar-refractivity contribution in [2.45, 2.75) is 63.3 Å². The average Bonchev–Trinajstić information content (AvgIpc) is 2.48. The molecule has 4 heteroatoms. The molecule has 0 aliphatic heterocycles. The van der Waals surface area contributed by atoms with Gasteiger partial charge in [0.25, 0.3) is 0 Å². The highest BCUT2D eigenvalue weighted by atomic mass is 16.4. The smallest absolute Gasteiger partial charge is 0.305 e. The van der Waals surface area contributed by atoms with Crippen LogP contribution in [0.2, 0.25) is 0 Å². The number of amides is 1. The van der Waals surface area contributed by atoms with Crippen LogP contribution in [-0.4, -0.2) is 23.0 Å². The maximum absolute atomic E-state index is 12.4. The first kappa shape index (κ1) is 16.5. The molecule has 2 N–H and O–H groups in total. The summed E-state index contributed by atoms with van der Waals surface area (Å²) in [5, 5.41) is 11.6. The molecule has 0 spiro atoms. The molecule has 1 aromatic carbocycles. The minimum Gasteiger partial charge on any atom is -0.481 e. The molecule has 1 aromatic rings. The topological polar surface area (TPSA) is 66.4 Å². The molecular formula is C18H24NO3. The van der Waals surface area contributed by atoms with Crippen molar-refractivity contribution in [1.29, 1.82) is 0 Å². The Morgan fingerprint density at radius 2 is 1.91 bits per heavy atom. The number of carbonyl (C=O) groups is 2. The zero-order valence-electron chi connectivity index (χ0n) is 13.1. The number of rotatable bonds is 6. The quantitative estimate of drug-likeness (QED) is 0.848. The van der Waals surface area contributed by atoms with Crippen molar-refractivity contribution >= 4 is 11.9 Å². The fraction of sp³-hybridized carbons (Fsp3) is 0.556. The molecule has 1 aliphatic rings. The van der Waals surface area contributed by atoms with Crippen LogP contribution in [0.3, 0.4) is 0 Å². The molecule has 1 unspecified atom stereocenters. The second-order valence-electron chi connectivity index (χ2n) is 6.37. The van der Waals surface area contributed by atoms with Crippen molar-refractivity contribution in [1.82, 2.24) is 5.32 Å². The van der Waals surface area contributed by atoms with Crippen molar-refractivity contribution in [2.75, 3.05) is 0 Å². The van der Waals surface area contributed by atoms with Crippen LogP contribution < -0.4 is 5.32 Å². The third-order valence-corrected chi connectivity index (χ3v) is 4.53. The number of aliphatic carboxylic acids is 1. The van der Waals surface area contributed by atoms with E-state index in [0.29, 0.717) is 6.42 Å². The summed E-state index contributed by atoms with van der Waals surface area (Å²) < 4.78 is 0. The largest absolute Gasteiger partial charge is 0.481 e. The van der Waals surface area contributed by atoms with E-state index in [-0.39, 0.29) is 23.8 Å². The molecule has 1 aliphatic carbocycles. The van der Waals surface area contributed by atoms with Crippen molar-refractivity contribution in [3.05, 3.63) is 35.9 Å². The van der Waals surface area contributed by atoms with Crippen LogP contribution in [-0.2, 0) is 15.0 Å². The molecule has 119 valence electrons. The summed E-state index contributed by atoms with van der Waals surface area (Å²) in [6.07, 6.45) is 5.90. The van der Waals surface area contributed by atoms with E-state index in [2.05, 4.69) is 23.5 Å². The molecule has 0 aromatic heterocycles. The van der Waals surface area contributed by atoms with E-state index in [1.807, 2.05) is 12.1 Å². The molecule has 0 heterocycles. The first-order valence-corrected chi connectivity index (χ1v) is 8.00. The van der Waals surface area contributed by atoms with E-state index >= 15 is 0 Å². The Bertz CT molecular complexity index is 506. The van der Waals surface area contributed by atoms with Gasteiger partial charge in [-0.05, 0) is 31.4 Å². The van der Waals surface area contributed by atoms with Crippen LogP contribution in [0.4, 0.5) is 0 Å². The Morgan fingerprint density at radius 3 is 2.50 bits per heavy atom. The predicted octanol–water partition coefficient (Wildman–Crippen LogP) is 3.06. The Balaban J connectivity index is 2.07. The second kappa shape index (κ2) is 7.43. The number of carbonyl (C=O) groups excluding carboxylic acids is 1. The lowest BCUT2D eigenvalue weighted by Crippen LogP contribution is -2.40. The third-order valence-electron chi connectivity index (χ3n) is 4.53. The van der Waals surface area contributed by atoms with Crippen molar-refractivity contribution in [3.63, 3.8) is 0 Å². The van der Waals surface area contributed by atoms with E-state index in [0.717, 1.165) is 25.7 Å². The highest BCUT2D eigenvalue weighted by Gasteiger charge is 2.36. The second-order valence-corrected chi connectivity index (χ2v) is 6.37. The number of carboxylic acid groups (broad SMARTS) is 1. The van der Waals surface area contributed by atoms with Crippen molar-refractivity contribution in [2.24, 2.45) is 0 Å². The molecule has 1 saturated carbocycles. The molecule has 4 nitrogen and oxygen atoms in total. The summed E-state index contributed by atoms with van der Waals surface area (Å²) in [4.78, 5) is 23.1. The Labute approximate surface area is 131 Å². The van der Waals surface area contributed by atoms with Gasteiger partial charge in [-0.1, -0.05) is 43.5 Å². The zero-order chi connectivity index (χ0) is 16.0. The zero-order valence-corrected chi connectivity index (χ0v) is 13.1. The summed E-state index contributed by atoms with van der Waals surface area (Å²) in [5.41, 5.74) is 1.09. The predicted molar refractivity (Wildman–Crippen MR) is 84.5 cm³/mol. The van der Waals surface area contributed by atoms with Crippen molar-refractivity contribution in [3.8, 4) is 0 Å². The molecular weight excluding hydrogens is 278 g/mol. The summed E-state index contributed by atoms with van der Waals surface area (Å²) in [6.45, 7) is 1.73. The third kappa shape index (κ3) is 4.33. The number of benzene rings is 1. The van der Waals surface area contributed by atoms with Gasteiger partial charge in [0, 0.05) is 17.9 Å². The van der Waals surface area contributed by atoms with Gasteiger partial charge in [0.1, 0.15) is 0 Å². The lowest BCUT2D eigenvalue weighted by Gasteiger charge is -2.37. The summed E-state index contributed by atoms with van der Waals surface area (Å²) >= 11 is 0. The lowest BCUT2D eigenvalue weighted by atomic mass is 9.67. The van der Waals surface area contributed by atoms with E-state index in [4.69, 9.17) is 5.11 Å². The molecule has 1 amide bonds. The van der Waals surface area contributed by atoms with E-state index in [1.165, 1.54) is 12.0 Å². The SMILES string of the molecule is CC(CC(=O)O)NC(=O)CC1(c2cc[c]cc2)CCCCC1. The van der Waals surface area contributed by atoms with Gasteiger partial charge in [-0.2, -0.15) is 0 Å². The molecule has 22 heavy (non-hydrogen) atoms. The first-order valence-electron chi connectivity index (χ1n) is 8.00. The van der Waals surface area contributed by atoms with E-state index in [1.54, 1.807) is 6.92 Å². The van der Waals surface area contributed by atoms with Crippen LogP contribution in [0.25, 0.3) is 0 Å². The van der Waals surface area contributed by atoms with Gasteiger partial charge in [-0.3, -0.25) is 9.59 Å². The maximum atomic E-state index is 12.4. The molecule has 1 fully saturated rings. The van der Waals surface area contributed by atoms with Gasteiger partial charge in [0.15, 0.2) is 0 Å². The molecule has 0 bridgehead atoms. The van der Waals surface area contributed by atoms with Gasteiger partial charge in [-0.15, -0.1) is 0 Å². The summed E-state index contributed by atoms with van der Waals surface area (Å²) in [5.74, 6) is -0.942. The summed E-state index contributed by atoms with van der Waals surface area (Å²) in [6, 6.07) is 10.6.